The summed E-state index contributed by atoms with van der Waals surface area (Å²) in [5, 5.41) is 0. The minimum atomic E-state index is -0.288. The summed E-state index contributed by atoms with van der Waals surface area (Å²) in [6, 6.07) is -0.288. The van der Waals surface area contributed by atoms with Crippen LogP contribution in [0.15, 0.2) is 0 Å². The van der Waals surface area contributed by atoms with Crippen molar-refractivity contribution in [2.75, 3.05) is 13.6 Å². The van der Waals surface area contributed by atoms with E-state index in [-0.39, 0.29) is 11.9 Å². The molecule has 2 N–H and O–H groups in total. The highest BCUT2D eigenvalue weighted by Crippen LogP contribution is 2.24. The standard InChI is InChI=1S/C14H28N2O/c1-3-4-10-13(15)14(17)16(2)11-12-8-6-5-7-9-12/h12-13H,3-11,15H2,1-2H3/t13-/m0/s1. The van der Waals surface area contributed by atoms with Gasteiger partial charge in [-0.05, 0) is 25.2 Å². The fourth-order valence-electron chi connectivity index (χ4n) is 2.68. The normalized spacial score (nSPS) is 19.0. The Kier molecular flexibility index (Phi) is 6.56. The Hall–Kier alpha value is -0.570. The number of hydrogen-bond acceptors (Lipinski definition) is 2. The maximum Gasteiger partial charge on any atom is 0.239 e. The third kappa shape index (κ3) is 5.07. The van der Waals surface area contributed by atoms with Gasteiger partial charge in [0, 0.05) is 13.6 Å². The predicted octanol–water partition coefficient (Wildman–Crippen LogP) is 2.54. The zero-order chi connectivity index (χ0) is 12.7. The molecule has 0 heterocycles. The average molecular weight is 240 g/mol. The second kappa shape index (κ2) is 7.70. The summed E-state index contributed by atoms with van der Waals surface area (Å²) >= 11 is 0. The lowest BCUT2D eigenvalue weighted by Crippen LogP contribution is -2.43. The van der Waals surface area contributed by atoms with Crippen LogP contribution in [-0.2, 0) is 4.79 Å². The summed E-state index contributed by atoms with van der Waals surface area (Å²) in [7, 11) is 1.91. The first-order chi connectivity index (χ1) is 8.15. The zero-order valence-electron chi connectivity index (χ0n) is 11.5. The van der Waals surface area contributed by atoms with Crippen molar-refractivity contribution in [3.63, 3.8) is 0 Å². The molecule has 1 aliphatic rings. The zero-order valence-corrected chi connectivity index (χ0v) is 11.5. The smallest absolute Gasteiger partial charge is 0.239 e. The molecular formula is C14H28N2O. The summed E-state index contributed by atoms with van der Waals surface area (Å²) in [6.45, 7) is 3.03. The van der Waals surface area contributed by atoms with Crippen molar-refractivity contribution in [3.8, 4) is 0 Å². The van der Waals surface area contributed by atoms with E-state index in [1.54, 1.807) is 0 Å². The Morgan fingerprint density at radius 1 is 1.35 bits per heavy atom. The van der Waals surface area contributed by atoms with Gasteiger partial charge in [0.2, 0.25) is 5.91 Å². The molecule has 0 aromatic carbocycles. The predicted molar refractivity (Wildman–Crippen MR) is 71.7 cm³/mol. The van der Waals surface area contributed by atoms with Crippen molar-refractivity contribution in [2.24, 2.45) is 11.7 Å². The number of carbonyl (C=O) groups excluding carboxylic acids is 1. The molecule has 0 aromatic heterocycles. The average Bonchev–Trinajstić information content (AvgIpc) is 2.36. The highest BCUT2D eigenvalue weighted by Gasteiger charge is 2.21. The lowest BCUT2D eigenvalue weighted by Gasteiger charge is -2.28. The van der Waals surface area contributed by atoms with E-state index in [1.165, 1.54) is 32.1 Å². The van der Waals surface area contributed by atoms with Gasteiger partial charge in [-0.15, -0.1) is 0 Å². The van der Waals surface area contributed by atoms with E-state index in [0.29, 0.717) is 5.92 Å². The Balaban J connectivity index is 2.29. The van der Waals surface area contributed by atoms with Crippen molar-refractivity contribution in [3.05, 3.63) is 0 Å². The molecule has 17 heavy (non-hydrogen) atoms. The van der Waals surface area contributed by atoms with Crippen molar-refractivity contribution >= 4 is 5.91 Å². The van der Waals surface area contributed by atoms with Gasteiger partial charge in [0.15, 0.2) is 0 Å². The number of amides is 1. The van der Waals surface area contributed by atoms with E-state index >= 15 is 0 Å². The fourth-order valence-corrected chi connectivity index (χ4v) is 2.68. The summed E-state index contributed by atoms with van der Waals surface area (Å²) < 4.78 is 0. The molecule has 0 aromatic rings. The van der Waals surface area contributed by atoms with E-state index in [1.807, 2.05) is 11.9 Å². The Bertz CT molecular complexity index is 224. The van der Waals surface area contributed by atoms with Crippen molar-refractivity contribution in [1.82, 2.24) is 4.90 Å². The van der Waals surface area contributed by atoms with Crippen LogP contribution in [0.2, 0.25) is 0 Å². The Morgan fingerprint density at radius 2 is 2.00 bits per heavy atom. The van der Waals surface area contributed by atoms with Crippen LogP contribution < -0.4 is 5.73 Å². The number of rotatable bonds is 6. The molecule has 1 saturated carbocycles. The van der Waals surface area contributed by atoms with Crippen LogP contribution >= 0.6 is 0 Å². The highest BCUT2D eigenvalue weighted by molar-refractivity contribution is 5.81. The molecule has 0 unspecified atom stereocenters. The number of hydrogen-bond donors (Lipinski definition) is 1. The summed E-state index contributed by atoms with van der Waals surface area (Å²) in [4.78, 5) is 13.9. The molecule has 1 amide bonds. The van der Waals surface area contributed by atoms with Crippen molar-refractivity contribution in [2.45, 2.75) is 64.3 Å². The lowest BCUT2D eigenvalue weighted by molar-refractivity contribution is -0.132. The SMILES string of the molecule is CCCC[C@H](N)C(=O)N(C)CC1CCCCC1. The van der Waals surface area contributed by atoms with Crippen LogP contribution in [0.4, 0.5) is 0 Å². The van der Waals surface area contributed by atoms with Crippen molar-refractivity contribution < 1.29 is 4.79 Å². The highest BCUT2D eigenvalue weighted by atomic mass is 16.2. The molecule has 3 heteroatoms. The van der Waals surface area contributed by atoms with Crippen LogP contribution in [0.1, 0.15) is 58.3 Å². The molecule has 0 aliphatic heterocycles. The van der Waals surface area contributed by atoms with Crippen molar-refractivity contribution in [1.29, 1.82) is 0 Å². The minimum absolute atomic E-state index is 0.129. The molecule has 0 radical (unpaired) electrons. The topological polar surface area (TPSA) is 46.3 Å². The second-order valence-electron chi connectivity index (χ2n) is 5.47. The third-order valence-corrected chi connectivity index (χ3v) is 3.82. The van der Waals surface area contributed by atoms with Gasteiger partial charge in [-0.1, -0.05) is 39.0 Å². The van der Waals surface area contributed by atoms with Gasteiger partial charge in [0.1, 0.15) is 0 Å². The first-order valence-corrected chi connectivity index (χ1v) is 7.15. The quantitative estimate of drug-likeness (QED) is 0.775. The van der Waals surface area contributed by atoms with Crippen LogP contribution in [0, 0.1) is 5.92 Å². The van der Waals surface area contributed by atoms with E-state index in [9.17, 15) is 4.79 Å². The molecule has 0 spiro atoms. The van der Waals surface area contributed by atoms with E-state index in [4.69, 9.17) is 5.73 Å². The van der Waals surface area contributed by atoms with Crippen LogP contribution in [0.25, 0.3) is 0 Å². The second-order valence-corrected chi connectivity index (χ2v) is 5.47. The minimum Gasteiger partial charge on any atom is -0.344 e. The van der Waals surface area contributed by atoms with E-state index in [0.717, 1.165) is 25.8 Å². The Labute approximate surface area is 106 Å². The number of likely N-dealkylation sites (N-methyl/N-ethyl adjacent to an activating group) is 1. The molecule has 1 rings (SSSR count). The van der Waals surface area contributed by atoms with Gasteiger partial charge >= 0.3 is 0 Å². The molecule has 1 atom stereocenters. The maximum atomic E-state index is 12.0. The summed E-state index contributed by atoms with van der Waals surface area (Å²) in [5.41, 5.74) is 5.92. The van der Waals surface area contributed by atoms with Gasteiger partial charge in [-0.2, -0.15) is 0 Å². The van der Waals surface area contributed by atoms with Crippen LogP contribution in [0.5, 0.6) is 0 Å². The lowest BCUT2D eigenvalue weighted by atomic mass is 9.89. The van der Waals surface area contributed by atoms with Gasteiger partial charge < -0.3 is 10.6 Å². The first-order valence-electron chi connectivity index (χ1n) is 7.15. The van der Waals surface area contributed by atoms with Gasteiger partial charge in [0.25, 0.3) is 0 Å². The molecule has 0 saturated heterocycles. The molecule has 0 bridgehead atoms. The number of unbranched alkanes of at least 4 members (excludes halogenated alkanes) is 1. The molecule has 100 valence electrons. The van der Waals surface area contributed by atoms with Crippen LogP contribution in [0.3, 0.4) is 0 Å². The van der Waals surface area contributed by atoms with Gasteiger partial charge in [-0.25, -0.2) is 0 Å². The van der Waals surface area contributed by atoms with Crippen LogP contribution in [-0.4, -0.2) is 30.4 Å². The summed E-state index contributed by atoms with van der Waals surface area (Å²) in [6.07, 6.45) is 9.55. The Morgan fingerprint density at radius 3 is 2.59 bits per heavy atom. The largest absolute Gasteiger partial charge is 0.344 e. The number of nitrogens with two attached hydrogens (primary N) is 1. The third-order valence-electron chi connectivity index (χ3n) is 3.82. The van der Waals surface area contributed by atoms with Gasteiger partial charge in [-0.3, -0.25) is 4.79 Å². The molecule has 1 fully saturated rings. The van der Waals surface area contributed by atoms with E-state index in [2.05, 4.69) is 6.92 Å². The van der Waals surface area contributed by atoms with Gasteiger partial charge in [0.05, 0.1) is 6.04 Å². The first kappa shape index (κ1) is 14.5. The monoisotopic (exact) mass is 240 g/mol. The molecular weight excluding hydrogens is 212 g/mol. The number of nitrogens with zero attached hydrogens (tertiary/aromatic N) is 1. The summed E-state index contributed by atoms with van der Waals surface area (Å²) in [5.74, 6) is 0.833. The molecule has 1 aliphatic carbocycles. The van der Waals surface area contributed by atoms with E-state index < -0.39 is 0 Å². The fraction of sp³-hybridized carbons (Fsp3) is 0.929. The molecule has 3 nitrogen and oxygen atoms in total. The maximum absolute atomic E-state index is 12.0. The number of carbonyl (C=O) groups is 1.